The Bertz CT molecular complexity index is 2450. The van der Waals surface area contributed by atoms with Crippen molar-refractivity contribution in [3.8, 4) is 11.5 Å². The summed E-state index contributed by atoms with van der Waals surface area (Å²) >= 11 is 1.18. The van der Waals surface area contributed by atoms with E-state index in [0.29, 0.717) is 37.5 Å². The van der Waals surface area contributed by atoms with Crippen molar-refractivity contribution in [3.05, 3.63) is 163 Å². The van der Waals surface area contributed by atoms with Crippen LogP contribution in [0.4, 0.5) is 0 Å². The Hall–Kier alpha value is -6.33. The first-order valence-electron chi connectivity index (χ1n) is 15.1. The van der Waals surface area contributed by atoms with E-state index in [0.717, 1.165) is 10.8 Å². The number of hydrogen-bond acceptors (Lipinski definition) is 10. The Kier molecular flexibility index (Phi) is 8.33. The first-order valence-corrected chi connectivity index (χ1v) is 15.9. The van der Waals surface area contributed by atoms with E-state index in [2.05, 4.69) is 4.99 Å². The van der Waals surface area contributed by atoms with Gasteiger partial charge >= 0.3 is 17.9 Å². The summed E-state index contributed by atoms with van der Waals surface area (Å²) in [6.07, 6.45) is 3.09. The summed E-state index contributed by atoms with van der Waals surface area (Å²) in [4.78, 5) is 57.3. The maximum Gasteiger partial charge on any atom is 0.379 e. The number of fused-ring (bicyclic) bond motifs is 2. The molecule has 0 fully saturated rings. The lowest BCUT2D eigenvalue weighted by Crippen LogP contribution is -2.39. The van der Waals surface area contributed by atoms with Gasteiger partial charge in [0.25, 0.3) is 5.56 Å². The zero-order chi connectivity index (χ0) is 34.1. The molecule has 0 saturated heterocycles. The summed E-state index contributed by atoms with van der Waals surface area (Å²) in [5.74, 6) is -1.09. The number of rotatable bonds is 7. The lowest BCUT2D eigenvalue weighted by Gasteiger charge is -2.24. The number of ether oxygens (including phenoxy) is 3. The predicted molar refractivity (Wildman–Crippen MR) is 181 cm³/mol. The Balaban J connectivity index is 1.18. The number of benzene rings is 4. The first kappa shape index (κ1) is 31.3. The number of carbonyl (C=O) groups is 3. The van der Waals surface area contributed by atoms with E-state index < -0.39 is 23.9 Å². The molecule has 0 saturated carbocycles. The molecule has 0 bridgehead atoms. The van der Waals surface area contributed by atoms with Gasteiger partial charge in [0, 0.05) is 0 Å². The van der Waals surface area contributed by atoms with Crippen molar-refractivity contribution >= 4 is 46.1 Å². The third-order valence-electron chi connectivity index (χ3n) is 7.95. The van der Waals surface area contributed by atoms with Crippen LogP contribution in [0.3, 0.4) is 0 Å². The maximum atomic E-state index is 13.9. The number of thiazole rings is 1. The van der Waals surface area contributed by atoms with Gasteiger partial charge in [-0.3, -0.25) is 9.36 Å². The van der Waals surface area contributed by atoms with E-state index >= 15 is 0 Å². The fraction of sp³-hybridized carbons (Fsp3) is 0.0789. The molecular weight excluding hydrogens is 644 g/mol. The smallest absolute Gasteiger partial charge is 0.379 e. The quantitative estimate of drug-likeness (QED) is 0.159. The Morgan fingerprint density at radius 1 is 0.816 bits per heavy atom. The van der Waals surface area contributed by atoms with E-state index in [1.54, 1.807) is 73.7 Å². The van der Waals surface area contributed by atoms with Crippen LogP contribution >= 0.6 is 11.3 Å². The molecule has 11 heteroatoms. The third-order valence-corrected chi connectivity index (χ3v) is 8.94. The summed E-state index contributed by atoms with van der Waals surface area (Å²) in [7, 11) is 1.27. The van der Waals surface area contributed by atoms with Crippen molar-refractivity contribution < 1.29 is 33.0 Å². The number of allylic oxidation sites excluding steroid dienone is 1. The van der Waals surface area contributed by atoms with Crippen LogP contribution in [-0.4, -0.2) is 29.6 Å². The number of nitrogens with zero attached hydrogens (tertiary/aromatic N) is 2. The second-order valence-electron chi connectivity index (χ2n) is 11.0. The minimum atomic E-state index is -0.850. The van der Waals surface area contributed by atoms with E-state index in [1.165, 1.54) is 35.3 Å². The fourth-order valence-corrected chi connectivity index (χ4v) is 6.67. The molecule has 49 heavy (non-hydrogen) atoms. The van der Waals surface area contributed by atoms with Gasteiger partial charge in [-0.2, -0.15) is 0 Å². The highest BCUT2D eigenvalue weighted by molar-refractivity contribution is 7.07. The van der Waals surface area contributed by atoms with Crippen molar-refractivity contribution in [2.24, 2.45) is 4.99 Å². The SMILES string of the molecule is COC(=O)C1=C(C)N=c2s/c(=C/c3ccc(OC(=O)c4cccc5ccccc45)cc3)c(=O)n2[C@@H]1c1ccc(OC(=O)c2ccco2)cc1. The molecule has 1 aliphatic heterocycles. The highest BCUT2D eigenvalue weighted by atomic mass is 32.1. The molecule has 4 aromatic carbocycles. The van der Waals surface area contributed by atoms with E-state index in [9.17, 15) is 19.2 Å². The number of furan rings is 1. The molecule has 0 radical (unpaired) electrons. The average Bonchev–Trinajstić information content (AvgIpc) is 3.77. The minimum Gasteiger partial charge on any atom is -0.466 e. The Morgan fingerprint density at radius 2 is 1.51 bits per heavy atom. The third kappa shape index (κ3) is 6.10. The molecule has 242 valence electrons. The molecule has 1 atom stereocenters. The molecule has 0 aliphatic carbocycles. The number of carbonyl (C=O) groups excluding carboxylic acids is 3. The fourth-order valence-electron chi connectivity index (χ4n) is 5.63. The highest BCUT2D eigenvalue weighted by Gasteiger charge is 2.33. The topological polar surface area (TPSA) is 126 Å². The van der Waals surface area contributed by atoms with Gasteiger partial charge in [-0.05, 0) is 77.4 Å². The predicted octanol–water partition coefficient (Wildman–Crippen LogP) is 5.59. The standard InChI is InChI=1S/C38H26N2O8S/c1-22-32(37(44)45-2)33(25-14-18-27(19-15-25)48-36(43)30-11-6-20-46-30)40-34(41)31(49-38(40)39-22)21-23-12-16-26(17-13-23)47-35(42)29-10-5-8-24-7-3-4-9-28(24)29/h3-21,33H,1-2H3/b31-21+/t33-/m1/s1. The van der Waals surface area contributed by atoms with E-state index in [-0.39, 0.29) is 22.6 Å². The summed E-state index contributed by atoms with van der Waals surface area (Å²) in [6.45, 7) is 1.69. The largest absolute Gasteiger partial charge is 0.466 e. The van der Waals surface area contributed by atoms with Gasteiger partial charge in [-0.25, -0.2) is 19.4 Å². The maximum absolute atomic E-state index is 13.9. The Morgan fingerprint density at radius 3 is 2.22 bits per heavy atom. The van der Waals surface area contributed by atoms with Crippen molar-refractivity contribution in [2.75, 3.05) is 7.11 Å². The van der Waals surface area contributed by atoms with Gasteiger partial charge in [0.2, 0.25) is 5.76 Å². The zero-order valence-corrected chi connectivity index (χ0v) is 26.9. The van der Waals surface area contributed by atoms with E-state index in [4.69, 9.17) is 18.6 Å². The normalized spacial score (nSPS) is 14.2. The summed E-state index contributed by atoms with van der Waals surface area (Å²) in [6, 6.07) is 28.6. The summed E-state index contributed by atoms with van der Waals surface area (Å²) < 4.78 is 23.1. The molecule has 0 spiro atoms. The van der Waals surface area contributed by atoms with Crippen molar-refractivity contribution in [3.63, 3.8) is 0 Å². The van der Waals surface area contributed by atoms with Crippen LogP contribution in [0, 0.1) is 0 Å². The van der Waals surface area contributed by atoms with Gasteiger partial charge in [-0.1, -0.05) is 72.0 Å². The minimum absolute atomic E-state index is 0.0549. The molecule has 10 nitrogen and oxygen atoms in total. The van der Waals surface area contributed by atoms with Gasteiger partial charge in [0.1, 0.15) is 11.5 Å². The summed E-state index contributed by atoms with van der Waals surface area (Å²) in [5.41, 5.74) is 2.00. The molecular formula is C38H26N2O8S. The second kappa shape index (κ2) is 13.1. The molecule has 2 aromatic heterocycles. The van der Waals surface area contributed by atoms with Gasteiger partial charge < -0.3 is 18.6 Å². The number of esters is 3. The lowest BCUT2D eigenvalue weighted by atomic mass is 9.96. The van der Waals surface area contributed by atoms with Gasteiger partial charge in [0.05, 0.1) is 40.8 Å². The van der Waals surface area contributed by atoms with Gasteiger partial charge in [-0.15, -0.1) is 0 Å². The van der Waals surface area contributed by atoms with Crippen molar-refractivity contribution in [1.82, 2.24) is 4.57 Å². The number of methoxy groups -OCH3 is 1. The second-order valence-corrected chi connectivity index (χ2v) is 12.0. The first-order chi connectivity index (χ1) is 23.8. The van der Waals surface area contributed by atoms with Crippen molar-refractivity contribution in [1.29, 1.82) is 0 Å². The number of aromatic nitrogens is 1. The van der Waals surface area contributed by atoms with Crippen LogP contribution in [-0.2, 0) is 9.53 Å². The molecule has 0 N–H and O–H groups in total. The van der Waals surface area contributed by atoms with Crippen LogP contribution in [0.2, 0.25) is 0 Å². The van der Waals surface area contributed by atoms with Crippen molar-refractivity contribution in [2.45, 2.75) is 13.0 Å². The van der Waals surface area contributed by atoms with Crippen LogP contribution in [0.25, 0.3) is 16.8 Å². The Labute approximate surface area is 282 Å². The molecule has 6 aromatic rings. The molecule has 1 aliphatic rings. The van der Waals surface area contributed by atoms with Crippen LogP contribution in [0.15, 0.2) is 135 Å². The van der Waals surface area contributed by atoms with E-state index in [1.807, 2.05) is 36.4 Å². The van der Waals surface area contributed by atoms with Crippen LogP contribution in [0.1, 0.15) is 45.0 Å². The molecule has 0 unspecified atom stereocenters. The summed E-state index contributed by atoms with van der Waals surface area (Å²) in [5, 5.41) is 1.74. The molecule has 7 rings (SSSR count). The monoisotopic (exact) mass is 670 g/mol. The lowest BCUT2D eigenvalue weighted by molar-refractivity contribution is -0.136. The zero-order valence-electron chi connectivity index (χ0n) is 26.1. The highest BCUT2D eigenvalue weighted by Crippen LogP contribution is 2.32. The van der Waals surface area contributed by atoms with Crippen LogP contribution < -0.4 is 24.4 Å². The van der Waals surface area contributed by atoms with Crippen LogP contribution in [0.5, 0.6) is 11.5 Å². The molecule has 3 heterocycles. The number of hydrogen-bond donors (Lipinski definition) is 0. The average molecular weight is 671 g/mol. The molecule has 0 amide bonds. The van der Waals surface area contributed by atoms with Gasteiger partial charge in [0.15, 0.2) is 4.80 Å².